The third-order valence-electron chi connectivity index (χ3n) is 7.04. The van der Waals surface area contributed by atoms with Crippen molar-refractivity contribution in [3.05, 3.63) is 78.0 Å². The van der Waals surface area contributed by atoms with Gasteiger partial charge in [0.25, 0.3) is 0 Å². The van der Waals surface area contributed by atoms with E-state index in [4.69, 9.17) is 18.9 Å². The van der Waals surface area contributed by atoms with Gasteiger partial charge in [-0.2, -0.15) is 0 Å². The van der Waals surface area contributed by atoms with E-state index in [1.54, 1.807) is 7.11 Å². The molecule has 0 N–H and O–H groups in total. The predicted molar refractivity (Wildman–Crippen MR) is 149 cm³/mol. The number of aromatic nitrogens is 1. The third kappa shape index (κ3) is 7.37. The van der Waals surface area contributed by atoms with Gasteiger partial charge in [0.05, 0.1) is 33.5 Å². The number of anilines is 2. The quantitative estimate of drug-likeness (QED) is 0.380. The Morgan fingerprint density at radius 2 is 1.58 bits per heavy atom. The van der Waals surface area contributed by atoms with Crippen molar-refractivity contribution >= 4 is 11.4 Å². The molecular formula is C30H38N4O4. The van der Waals surface area contributed by atoms with E-state index in [-0.39, 0.29) is 0 Å². The Morgan fingerprint density at radius 3 is 2.34 bits per heavy atom. The number of nitrogens with zero attached hydrogens (tertiary/aromatic N) is 4. The summed E-state index contributed by atoms with van der Waals surface area (Å²) in [6, 6.07) is 21.2. The van der Waals surface area contributed by atoms with Crippen molar-refractivity contribution in [2.75, 3.05) is 82.7 Å². The maximum Gasteiger partial charge on any atom is 0.215 e. The summed E-state index contributed by atoms with van der Waals surface area (Å²) in [6.45, 7) is 9.92. The normalized spacial score (nSPS) is 16.3. The highest BCUT2D eigenvalue weighted by molar-refractivity contribution is 5.52. The van der Waals surface area contributed by atoms with Gasteiger partial charge >= 0.3 is 0 Å². The molecule has 8 heteroatoms. The molecule has 2 fully saturated rings. The second-order valence-electron chi connectivity index (χ2n) is 9.63. The monoisotopic (exact) mass is 518 g/mol. The van der Waals surface area contributed by atoms with Crippen molar-refractivity contribution in [1.82, 2.24) is 9.88 Å². The number of ether oxygens (including phenoxy) is 4. The first-order valence-electron chi connectivity index (χ1n) is 13.5. The molecular weight excluding hydrogens is 480 g/mol. The Morgan fingerprint density at radius 1 is 0.842 bits per heavy atom. The first-order chi connectivity index (χ1) is 18.8. The molecule has 0 bridgehead atoms. The summed E-state index contributed by atoms with van der Waals surface area (Å²) in [5.41, 5.74) is 4.75. The number of benzene rings is 2. The van der Waals surface area contributed by atoms with Crippen LogP contribution in [0.2, 0.25) is 0 Å². The zero-order valence-electron chi connectivity index (χ0n) is 22.3. The van der Waals surface area contributed by atoms with Crippen LogP contribution in [0.4, 0.5) is 11.4 Å². The van der Waals surface area contributed by atoms with E-state index < -0.39 is 0 Å². The predicted octanol–water partition coefficient (Wildman–Crippen LogP) is 3.84. The Bertz CT molecular complexity index is 1130. The van der Waals surface area contributed by atoms with Crippen LogP contribution < -0.4 is 19.3 Å². The lowest BCUT2D eigenvalue weighted by Gasteiger charge is -2.29. The van der Waals surface area contributed by atoms with Crippen LogP contribution in [0.5, 0.6) is 11.6 Å². The van der Waals surface area contributed by atoms with E-state index >= 15 is 0 Å². The van der Waals surface area contributed by atoms with Crippen LogP contribution in [0.3, 0.4) is 0 Å². The third-order valence-corrected chi connectivity index (χ3v) is 7.04. The van der Waals surface area contributed by atoms with Gasteiger partial charge in [-0.05, 0) is 41.5 Å². The van der Waals surface area contributed by atoms with Crippen LogP contribution in [-0.4, -0.2) is 82.8 Å². The average Bonchev–Trinajstić information content (AvgIpc) is 2.98. The van der Waals surface area contributed by atoms with E-state index in [0.717, 1.165) is 83.7 Å². The largest absolute Gasteiger partial charge is 0.497 e. The van der Waals surface area contributed by atoms with Crippen molar-refractivity contribution in [3.63, 3.8) is 0 Å². The van der Waals surface area contributed by atoms with Crippen LogP contribution in [0.1, 0.15) is 11.1 Å². The molecule has 2 aliphatic heterocycles. The Kier molecular flexibility index (Phi) is 9.31. The second-order valence-corrected chi connectivity index (χ2v) is 9.63. The van der Waals surface area contributed by atoms with Crippen LogP contribution in [0.25, 0.3) is 0 Å². The maximum atomic E-state index is 6.06. The summed E-state index contributed by atoms with van der Waals surface area (Å²) in [5, 5.41) is 0. The maximum absolute atomic E-state index is 6.06. The number of hydrogen-bond acceptors (Lipinski definition) is 8. The standard InChI is InChI=1S/C30H38N4O4/c1-35-29-4-2-3-26(21-29)24-34(23-25-5-7-27(8-6-25)33-14-18-37-19-15-33)28-9-10-31-30(22-28)38-20-13-32-11-16-36-17-12-32/h2-10,21-22H,11-20,23-24H2,1H3. The number of pyridine rings is 1. The minimum atomic E-state index is 0.606. The zero-order chi connectivity index (χ0) is 26.0. The highest BCUT2D eigenvalue weighted by atomic mass is 16.5. The number of hydrogen-bond donors (Lipinski definition) is 0. The topological polar surface area (TPSA) is 59.5 Å². The van der Waals surface area contributed by atoms with Crippen molar-refractivity contribution in [2.24, 2.45) is 0 Å². The molecule has 3 aromatic rings. The number of methoxy groups -OCH3 is 1. The summed E-state index contributed by atoms with van der Waals surface area (Å²) in [5.74, 6) is 1.51. The molecule has 202 valence electrons. The molecule has 0 saturated carbocycles. The van der Waals surface area contributed by atoms with Crippen LogP contribution in [-0.2, 0) is 22.6 Å². The molecule has 0 unspecified atom stereocenters. The molecule has 0 radical (unpaired) electrons. The summed E-state index contributed by atoms with van der Waals surface area (Å²) in [6.07, 6.45) is 1.83. The molecule has 38 heavy (non-hydrogen) atoms. The van der Waals surface area contributed by atoms with Gasteiger partial charge < -0.3 is 28.7 Å². The molecule has 2 aliphatic rings. The molecule has 2 saturated heterocycles. The van der Waals surface area contributed by atoms with E-state index in [9.17, 15) is 0 Å². The van der Waals surface area contributed by atoms with Gasteiger partial charge in [0.15, 0.2) is 0 Å². The minimum Gasteiger partial charge on any atom is -0.497 e. The highest BCUT2D eigenvalue weighted by Gasteiger charge is 2.15. The summed E-state index contributed by atoms with van der Waals surface area (Å²) in [4.78, 5) is 11.6. The average molecular weight is 519 g/mol. The van der Waals surface area contributed by atoms with Crippen LogP contribution >= 0.6 is 0 Å². The highest BCUT2D eigenvalue weighted by Crippen LogP contribution is 2.26. The van der Waals surface area contributed by atoms with Gasteiger partial charge in [0.1, 0.15) is 12.4 Å². The summed E-state index contributed by atoms with van der Waals surface area (Å²) >= 11 is 0. The van der Waals surface area contributed by atoms with Gasteiger partial charge in [0, 0.05) is 69.5 Å². The van der Waals surface area contributed by atoms with Crippen molar-refractivity contribution in [2.45, 2.75) is 13.1 Å². The SMILES string of the molecule is COc1cccc(CN(Cc2ccc(N3CCOCC3)cc2)c2ccnc(OCCN3CCOCC3)c2)c1. The fourth-order valence-corrected chi connectivity index (χ4v) is 4.86. The molecule has 0 atom stereocenters. The summed E-state index contributed by atoms with van der Waals surface area (Å²) in [7, 11) is 1.70. The molecule has 0 amide bonds. The Labute approximate surface area is 225 Å². The van der Waals surface area contributed by atoms with E-state index in [2.05, 4.69) is 62.1 Å². The lowest BCUT2D eigenvalue weighted by molar-refractivity contribution is 0.0320. The molecule has 2 aromatic carbocycles. The molecule has 3 heterocycles. The fourth-order valence-electron chi connectivity index (χ4n) is 4.86. The van der Waals surface area contributed by atoms with Crippen molar-refractivity contribution in [3.8, 4) is 11.6 Å². The first-order valence-corrected chi connectivity index (χ1v) is 13.5. The Balaban J connectivity index is 1.30. The second kappa shape index (κ2) is 13.5. The molecule has 8 nitrogen and oxygen atoms in total. The van der Waals surface area contributed by atoms with E-state index in [1.807, 2.05) is 24.4 Å². The van der Waals surface area contributed by atoms with Gasteiger partial charge in [-0.25, -0.2) is 4.98 Å². The lowest BCUT2D eigenvalue weighted by Crippen LogP contribution is -2.38. The number of rotatable bonds is 11. The van der Waals surface area contributed by atoms with E-state index in [1.165, 1.54) is 16.8 Å². The molecule has 0 aliphatic carbocycles. The van der Waals surface area contributed by atoms with E-state index in [0.29, 0.717) is 12.5 Å². The molecule has 1 aromatic heterocycles. The van der Waals surface area contributed by atoms with Gasteiger partial charge in [-0.15, -0.1) is 0 Å². The van der Waals surface area contributed by atoms with Gasteiger partial charge in [-0.1, -0.05) is 24.3 Å². The smallest absolute Gasteiger partial charge is 0.215 e. The fraction of sp³-hybridized carbons (Fsp3) is 0.433. The summed E-state index contributed by atoms with van der Waals surface area (Å²) < 4.78 is 22.5. The first kappa shape index (κ1) is 26.3. The molecule has 5 rings (SSSR count). The van der Waals surface area contributed by atoms with Gasteiger partial charge in [-0.3, -0.25) is 4.90 Å². The number of morpholine rings is 2. The van der Waals surface area contributed by atoms with Crippen molar-refractivity contribution < 1.29 is 18.9 Å². The molecule has 0 spiro atoms. The van der Waals surface area contributed by atoms with Crippen LogP contribution in [0.15, 0.2) is 66.9 Å². The Hall–Kier alpha value is -3.33. The van der Waals surface area contributed by atoms with Crippen molar-refractivity contribution in [1.29, 1.82) is 0 Å². The van der Waals surface area contributed by atoms with Gasteiger partial charge in [0.2, 0.25) is 5.88 Å². The minimum absolute atomic E-state index is 0.606. The van der Waals surface area contributed by atoms with Crippen LogP contribution in [0, 0.1) is 0 Å². The zero-order valence-corrected chi connectivity index (χ0v) is 22.3. The lowest BCUT2D eigenvalue weighted by atomic mass is 10.1.